The van der Waals surface area contributed by atoms with Crippen molar-refractivity contribution in [1.82, 2.24) is 10.2 Å². The normalized spacial score (nSPS) is 32.2. The summed E-state index contributed by atoms with van der Waals surface area (Å²) < 4.78 is 0. The fourth-order valence-corrected chi connectivity index (χ4v) is 4.20. The molecule has 18 heavy (non-hydrogen) atoms. The quantitative estimate of drug-likeness (QED) is 0.779. The summed E-state index contributed by atoms with van der Waals surface area (Å²) in [5.41, 5.74) is 0. The minimum atomic E-state index is 0.804. The van der Waals surface area contributed by atoms with E-state index in [2.05, 4.69) is 17.1 Å². The van der Waals surface area contributed by atoms with E-state index in [-0.39, 0.29) is 0 Å². The minimum Gasteiger partial charge on any atom is -0.312 e. The number of rotatable bonds is 6. The Morgan fingerprint density at radius 3 is 2.50 bits per heavy atom. The van der Waals surface area contributed by atoms with Crippen LogP contribution in [0.4, 0.5) is 0 Å². The van der Waals surface area contributed by atoms with Gasteiger partial charge in [0.2, 0.25) is 0 Å². The molecular formula is C16H30N2. The van der Waals surface area contributed by atoms with Gasteiger partial charge in [0.05, 0.1) is 0 Å². The summed E-state index contributed by atoms with van der Waals surface area (Å²) in [6.45, 7) is 4.99. The van der Waals surface area contributed by atoms with Gasteiger partial charge in [0, 0.05) is 24.7 Å². The molecule has 0 radical (unpaired) electrons. The average Bonchev–Trinajstić information content (AvgIpc) is 2.89. The first-order valence-electron chi connectivity index (χ1n) is 8.37. The molecular weight excluding hydrogens is 220 g/mol. The van der Waals surface area contributed by atoms with E-state index in [0.717, 1.165) is 24.0 Å². The van der Waals surface area contributed by atoms with Crippen LogP contribution >= 0.6 is 0 Å². The van der Waals surface area contributed by atoms with E-state index in [0.29, 0.717) is 0 Å². The van der Waals surface area contributed by atoms with E-state index < -0.39 is 0 Å². The molecule has 1 aliphatic heterocycles. The summed E-state index contributed by atoms with van der Waals surface area (Å²) in [4.78, 5) is 2.88. The molecule has 1 N–H and O–H groups in total. The third kappa shape index (κ3) is 2.91. The Hall–Kier alpha value is -0.0800. The number of nitrogens with zero attached hydrogens (tertiary/aromatic N) is 1. The lowest BCUT2D eigenvalue weighted by Crippen LogP contribution is -2.47. The van der Waals surface area contributed by atoms with Crippen molar-refractivity contribution in [1.29, 1.82) is 0 Å². The van der Waals surface area contributed by atoms with Gasteiger partial charge in [-0.3, -0.25) is 4.90 Å². The molecule has 3 fully saturated rings. The highest BCUT2D eigenvalue weighted by Crippen LogP contribution is 2.36. The monoisotopic (exact) mass is 250 g/mol. The Labute approximate surface area is 113 Å². The van der Waals surface area contributed by atoms with Crippen molar-refractivity contribution in [3.05, 3.63) is 0 Å². The first-order chi connectivity index (χ1) is 8.88. The predicted octanol–water partition coefficient (Wildman–Crippen LogP) is 3.17. The highest BCUT2D eigenvalue weighted by molar-refractivity contribution is 4.92. The highest BCUT2D eigenvalue weighted by Gasteiger charge is 2.36. The molecule has 0 aromatic rings. The van der Waals surface area contributed by atoms with Gasteiger partial charge in [-0.05, 0) is 57.4 Å². The fourth-order valence-electron chi connectivity index (χ4n) is 4.20. The minimum absolute atomic E-state index is 0.804. The van der Waals surface area contributed by atoms with Crippen LogP contribution < -0.4 is 5.32 Å². The lowest BCUT2D eigenvalue weighted by molar-refractivity contribution is 0.129. The van der Waals surface area contributed by atoms with Crippen LogP contribution in [0.3, 0.4) is 0 Å². The topological polar surface area (TPSA) is 15.3 Å². The third-order valence-corrected chi connectivity index (χ3v) is 5.45. The lowest BCUT2D eigenvalue weighted by Gasteiger charge is -2.36. The fraction of sp³-hybridized carbons (Fsp3) is 1.00. The van der Waals surface area contributed by atoms with Gasteiger partial charge in [0.1, 0.15) is 0 Å². The largest absolute Gasteiger partial charge is 0.312 e. The van der Waals surface area contributed by atoms with Crippen LogP contribution in [0.5, 0.6) is 0 Å². The van der Waals surface area contributed by atoms with E-state index >= 15 is 0 Å². The molecule has 1 saturated heterocycles. The van der Waals surface area contributed by atoms with Crippen LogP contribution in [0.25, 0.3) is 0 Å². The van der Waals surface area contributed by atoms with Crippen LogP contribution in [0.15, 0.2) is 0 Å². The number of nitrogens with one attached hydrogen (secondary N) is 1. The van der Waals surface area contributed by atoms with Gasteiger partial charge in [-0.25, -0.2) is 0 Å². The van der Waals surface area contributed by atoms with Crippen LogP contribution in [0, 0.1) is 5.92 Å². The molecule has 2 heteroatoms. The molecule has 2 saturated carbocycles. The highest BCUT2D eigenvalue weighted by atomic mass is 15.2. The van der Waals surface area contributed by atoms with E-state index in [4.69, 9.17) is 0 Å². The maximum absolute atomic E-state index is 3.75. The van der Waals surface area contributed by atoms with Crippen molar-refractivity contribution in [2.75, 3.05) is 13.1 Å². The smallest absolute Gasteiger partial charge is 0.0221 e. The molecule has 0 bridgehead atoms. The molecule has 2 nitrogen and oxygen atoms in total. The van der Waals surface area contributed by atoms with Crippen molar-refractivity contribution in [3.8, 4) is 0 Å². The predicted molar refractivity (Wildman–Crippen MR) is 76.8 cm³/mol. The Bertz CT molecular complexity index is 256. The second-order valence-corrected chi connectivity index (χ2v) is 6.74. The molecule has 0 aromatic heterocycles. The molecule has 104 valence electrons. The summed E-state index contributed by atoms with van der Waals surface area (Å²) in [6, 6.07) is 2.60. The molecule has 2 atom stereocenters. The van der Waals surface area contributed by atoms with Gasteiger partial charge >= 0.3 is 0 Å². The molecule has 2 aliphatic carbocycles. The van der Waals surface area contributed by atoms with Crippen LogP contribution in [-0.2, 0) is 0 Å². The molecule has 3 aliphatic rings. The van der Waals surface area contributed by atoms with Crippen molar-refractivity contribution in [2.45, 2.75) is 82.8 Å². The molecule has 0 aromatic carbocycles. The van der Waals surface area contributed by atoms with Crippen LogP contribution in [0.1, 0.15) is 64.7 Å². The Kier molecular flexibility index (Phi) is 4.25. The zero-order valence-corrected chi connectivity index (χ0v) is 12.0. The second kappa shape index (κ2) is 5.92. The Morgan fingerprint density at radius 1 is 1.06 bits per heavy atom. The van der Waals surface area contributed by atoms with Crippen LogP contribution in [-0.4, -0.2) is 36.1 Å². The van der Waals surface area contributed by atoms with E-state index in [1.165, 1.54) is 70.9 Å². The second-order valence-electron chi connectivity index (χ2n) is 6.74. The van der Waals surface area contributed by atoms with Gasteiger partial charge in [-0.2, -0.15) is 0 Å². The van der Waals surface area contributed by atoms with Gasteiger partial charge < -0.3 is 5.32 Å². The van der Waals surface area contributed by atoms with Gasteiger partial charge in [0.25, 0.3) is 0 Å². The maximum Gasteiger partial charge on any atom is 0.0221 e. The summed E-state index contributed by atoms with van der Waals surface area (Å²) in [5.74, 6) is 1.03. The molecule has 0 spiro atoms. The maximum atomic E-state index is 3.75. The Morgan fingerprint density at radius 2 is 1.83 bits per heavy atom. The molecule has 1 heterocycles. The van der Waals surface area contributed by atoms with E-state index in [9.17, 15) is 0 Å². The lowest BCUT2D eigenvalue weighted by atomic mass is 9.95. The SMILES string of the molecule is CCC(CNC1CC1)N1CCCC1C1CCCC1. The number of hydrogen-bond donors (Lipinski definition) is 1. The standard InChI is InChI=1S/C16H30N2/c1-2-15(12-17-14-9-10-14)18-11-5-8-16(18)13-6-3-4-7-13/h13-17H,2-12H2,1H3. The third-order valence-electron chi connectivity index (χ3n) is 5.45. The molecule has 3 rings (SSSR count). The van der Waals surface area contributed by atoms with E-state index in [1.807, 2.05) is 0 Å². The first kappa shape index (κ1) is 12.9. The van der Waals surface area contributed by atoms with Crippen molar-refractivity contribution in [3.63, 3.8) is 0 Å². The average molecular weight is 250 g/mol. The zero-order chi connectivity index (χ0) is 12.4. The number of likely N-dealkylation sites (tertiary alicyclic amines) is 1. The van der Waals surface area contributed by atoms with Gasteiger partial charge in [0.15, 0.2) is 0 Å². The summed E-state index contributed by atoms with van der Waals surface area (Å²) in [7, 11) is 0. The number of hydrogen-bond acceptors (Lipinski definition) is 2. The van der Waals surface area contributed by atoms with Crippen molar-refractivity contribution in [2.24, 2.45) is 5.92 Å². The summed E-state index contributed by atoms with van der Waals surface area (Å²) in [6.07, 6.45) is 13.1. The van der Waals surface area contributed by atoms with Crippen molar-refractivity contribution < 1.29 is 0 Å². The summed E-state index contributed by atoms with van der Waals surface area (Å²) in [5, 5.41) is 3.75. The van der Waals surface area contributed by atoms with E-state index in [1.54, 1.807) is 0 Å². The molecule has 0 amide bonds. The van der Waals surface area contributed by atoms with Gasteiger partial charge in [-0.15, -0.1) is 0 Å². The molecule has 2 unspecified atom stereocenters. The zero-order valence-electron chi connectivity index (χ0n) is 12.0. The first-order valence-corrected chi connectivity index (χ1v) is 8.37. The summed E-state index contributed by atoms with van der Waals surface area (Å²) >= 11 is 0. The van der Waals surface area contributed by atoms with Gasteiger partial charge in [-0.1, -0.05) is 19.8 Å². The van der Waals surface area contributed by atoms with Crippen LogP contribution in [0.2, 0.25) is 0 Å². The Balaban J connectivity index is 1.56. The van der Waals surface area contributed by atoms with Crippen molar-refractivity contribution >= 4 is 0 Å².